The van der Waals surface area contributed by atoms with Crippen LogP contribution in [0, 0.1) is 6.92 Å². The van der Waals surface area contributed by atoms with Crippen molar-refractivity contribution in [3.63, 3.8) is 0 Å². The van der Waals surface area contributed by atoms with Gasteiger partial charge in [-0.25, -0.2) is 4.98 Å². The van der Waals surface area contributed by atoms with E-state index in [4.69, 9.17) is 0 Å². The Balaban J connectivity index is 1.42. The van der Waals surface area contributed by atoms with Crippen LogP contribution in [0.25, 0.3) is 11.1 Å². The van der Waals surface area contributed by atoms with Crippen molar-refractivity contribution >= 4 is 23.5 Å². The van der Waals surface area contributed by atoms with E-state index in [1.54, 1.807) is 6.20 Å². The van der Waals surface area contributed by atoms with Gasteiger partial charge >= 0.3 is 5.97 Å². The Morgan fingerprint density at radius 2 is 1.64 bits per heavy atom. The Bertz CT molecular complexity index is 1150. The number of nitrogens with zero attached hydrogens (tertiary/aromatic N) is 1. The van der Waals surface area contributed by atoms with E-state index in [-0.39, 0.29) is 31.1 Å². The van der Waals surface area contributed by atoms with E-state index in [0.29, 0.717) is 19.4 Å². The molecule has 0 aliphatic rings. The van der Waals surface area contributed by atoms with Crippen LogP contribution in [0.15, 0.2) is 72.9 Å². The Kier molecular flexibility index (Phi) is 10.2. The van der Waals surface area contributed by atoms with Gasteiger partial charge in [0.1, 0.15) is 5.82 Å². The van der Waals surface area contributed by atoms with Crippen molar-refractivity contribution in [2.45, 2.75) is 44.9 Å². The first-order valence-electron chi connectivity index (χ1n) is 12.2. The molecule has 1 aromatic heterocycles. The molecule has 0 saturated heterocycles. The number of carboxylic acids is 1. The third kappa shape index (κ3) is 8.98. The van der Waals surface area contributed by atoms with E-state index in [0.717, 1.165) is 34.5 Å². The Morgan fingerprint density at radius 3 is 2.33 bits per heavy atom. The second-order valence-corrected chi connectivity index (χ2v) is 8.90. The van der Waals surface area contributed by atoms with Gasteiger partial charge in [-0.2, -0.15) is 0 Å². The number of Topliss-reactive ketones (excluding diaryl/α,β-unsaturated/α-hetero) is 1. The number of nitrogens with one attached hydrogen (secondary N) is 2. The highest BCUT2D eigenvalue weighted by atomic mass is 16.4. The summed E-state index contributed by atoms with van der Waals surface area (Å²) in [6.45, 7) is 2.62. The Labute approximate surface area is 212 Å². The lowest BCUT2D eigenvalue weighted by Crippen LogP contribution is -2.30. The van der Waals surface area contributed by atoms with Gasteiger partial charge in [0.15, 0.2) is 5.78 Å². The molecule has 7 heteroatoms. The zero-order chi connectivity index (χ0) is 25.8. The fourth-order valence-corrected chi connectivity index (χ4v) is 3.99. The van der Waals surface area contributed by atoms with Crippen molar-refractivity contribution in [3.8, 4) is 11.1 Å². The Hall–Kier alpha value is -4.00. The zero-order valence-corrected chi connectivity index (χ0v) is 20.6. The van der Waals surface area contributed by atoms with Crippen molar-refractivity contribution in [2.24, 2.45) is 0 Å². The SMILES string of the molecule is Cc1ccnc(NCCCCC(=O)NCC(=O)CC(CC(=O)O)c2ccc(-c3ccccc3)cc2)c1. The van der Waals surface area contributed by atoms with Crippen LogP contribution in [0.1, 0.15) is 49.1 Å². The highest BCUT2D eigenvalue weighted by Crippen LogP contribution is 2.27. The molecule has 3 aromatic rings. The van der Waals surface area contributed by atoms with Crippen LogP contribution in [-0.2, 0) is 14.4 Å². The molecule has 188 valence electrons. The van der Waals surface area contributed by atoms with Crippen LogP contribution in [0.4, 0.5) is 5.82 Å². The van der Waals surface area contributed by atoms with E-state index < -0.39 is 11.9 Å². The summed E-state index contributed by atoms with van der Waals surface area (Å²) in [6, 6.07) is 21.4. The van der Waals surface area contributed by atoms with Crippen molar-refractivity contribution in [1.82, 2.24) is 10.3 Å². The predicted octanol–water partition coefficient (Wildman–Crippen LogP) is 4.97. The number of aliphatic carboxylic acids is 1. The fourth-order valence-electron chi connectivity index (χ4n) is 3.99. The molecule has 0 saturated carbocycles. The molecule has 2 aromatic carbocycles. The first-order chi connectivity index (χ1) is 17.4. The minimum atomic E-state index is -0.960. The van der Waals surface area contributed by atoms with Crippen LogP contribution in [0.3, 0.4) is 0 Å². The lowest BCUT2D eigenvalue weighted by atomic mass is 9.89. The van der Waals surface area contributed by atoms with Gasteiger partial charge in [-0.3, -0.25) is 14.4 Å². The number of ketones is 1. The first kappa shape index (κ1) is 26.6. The van der Waals surface area contributed by atoms with Gasteiger partial charge in [0.05, 0.1) is 13.0 Å². The van der Waals surface area contributed by atoms with Gasteiger partial charge < -0.3 is 15.7 Å². The molecule has 0 spiro atoms. The number of carbonyl (C=O) groups excluding carboxylic acids is 2. The molecule has 3 rings (SSSR count). The highest BCUT2D eigenvalue weighted by molar-refractivity contribution is 5.87. The van der Waals surface area contributed by atoms with Crippen molar-refractivity contribution in [3.05, 3.63) is 84.1 Å². The minimum Gasteiger partial charge on any atom is -0.481 e. The molecule has 0 aliphatic carbocycles. The summed E-state index contributed by atoms with van der Waals surface area (Å²) in [5.41, 5.74) is 4.02. The van der Waals surface area contributed by atoms with Gasteiger partial charge in [-0.15, -0.1) is 0 Å². The minimum absolute atomic E-state index is 0.0602. The third-order valence-corrected chi connectivity index (χ3v) is 5.92. The standard InChI is InChI=1S/C29H33N3O4/c1-21-14-16-31-27(17-21)30-15-6-5-9-28(34)32-20-26(33)18-25(19-29(35)36)24-12-10-23(11-13-24)22-7-3-2-4-8-22/h2-4,7-8,10-14,16-17,25H,5-6,9,15,18-20H2,1H3,(H,30,31)(H,32,34)(H,35,36). The number of hydrogen-bond acceptors (Lipinski definition) is 5. The van der Waals surface area contributed by atoms with Gasteiger partial charge in [-0.05, 0) is 54.2 Å². The zero-order valence-electron chi connectivity index (χ0n) is 20.6. The van der Waals surface area contributed by atoms with Crippen LogP contribution in [-0.4, -0.2) is 40.8 Å². The van der Waals surface area contributed by atoms with E-state index in [1.165, 1.54) is 0 Å². The second-order valence-electron chi connectivity index (χ2n) is 8.90. The summed E-state index contributed by atoms with van der Waals surface area (Å²) >= 11 is 0. The van der Waals surface area contributed by atoms with Crippen molar-refractivity contribution in [1.29, 1.82) is 0 Å². The van der Waals surface area contributed by atoms with E-state index in [2.05, 4.69) is 15.6 Å². The average molecular weight is 488 g/mol. The molecule has 7 nitrogen and oxygen atoms in total. The normalized spacial score (nSPS) is 11.5. The monoisotopic (exact) mass is 487 g/mol. The topological polar surface area (TPSA) is 108 Å². The molecule has 1 unspecified atom stereocenters. The summed E-state index contributed by atoms with van der Waals surface area (Å²) in [5.74, 6) is -0.958. The fraction of sp³-hybridized carbons (Fsp3) is 0.310. The second kappa shape index (κ2) is 13.8. The number of pyridine rings is 1. The number of carbonyl (C=O) groups is 3. The lowest BCUT2D eigenvalue weighted by Gasteiger charge is -2.16. The van der Waals surface area contributed by atoms with Crippen LogP contribution < -0.4 is 10.6 Å². The number of unbranched alkanes of at least 4 members (excludes halogenated alkanes) is 1. The number of anilines is 1. The van der Waals surface area contributed by atoms with Gasteiger partial charge in [-0.1, -0.05) is 54.6 Å². The first-order valence-corrected chi connectivity index (χ1v) is 12.2. The molecule has 1 atom stereocenters. The molecule has 0 aliphatic heterocycles. The largest absolute Gasteiger partial charge is 0.481 e. The maximum absolute atomic E-state index is 12.5. The van der Waals surface area contributed by atoms with E-state index in [9.17, 15) is 19.5 Å². The number of benzene rings is 2. The molecule has 0 fully saturated rings. The van der Waals surface area contributed by atoms with Gasteiger partial charge in [0, 0.05) is 31.5 Å². The van der Waals surface area contributed by atoms with Gasteiger partial charge in [0.2, 0.25) is 5.91 Å². The van der Waals surface area contributed by atoms with Crippen LogP contribution >= 0.6 is 0 Å². The molecular formula is C29H33N3O4. The number of aromatic nitrogens is 1. The quantitative estimate of drug-likeness (QED) is 0.277. The van der Waals surface area contributed by atoms with Crippen LogP contribution in [0.5, 0.6) is 0 Å². The summed E-state index contributed by atoms with van der Waals surface area (Å²) in [5, 5.41) is 15.2. The summed E-state index contributed by atoms with van der Waals surface area (Å²) in [6.07, 6.45) is 3.49. The molecule has 0 radical (unpaired) electrons. The Morgan fingerprint density at radius 1 is 0.917 bits per heavy atom. The van der Waals surface area contributed by atoms with Crippen molar-refractivity contribution in [2.75, 3.05) is 18.4 Å². The molecule has 0 bridgehead atoms. The van der Waals surface area contributed by atoms with E-state index >= 15 is 0 Å². The smallest absolute Gasteiger partial charge is 0.303 e. The number of hydrogen-bond donors (Lipinski definition) is 3. The third-order valence-electron chi connectivity index (χ3n) is 5.92. The number of aryl methyl sites for hydroxylation is 1. The highest BCUT2D eigenvalue weighted by Gasteiger charge is 2.20. The predicted molar refractivity (Wildman–Crippen MR) is 141 cm³/mol. The lowest BCUT2D eigenvalue weighted by molar-refractivity contribution is -0.137. The maximum Gasteiger partial charge on any atom is 0.303 e. The summed E-state index contributed by atoms with van der Waals surface area (Å²) < 4.78 is 0. The molecule has 1 heterocycles. The number of amides is 1. The summed E-state index contributed by atoms with van der Waals surface area (Å²) in [4.78, 5) is 40.3. The number of rotatable bonds is 14. The molecule has 1 amide bonds. The molecular weight excluding hydrogens is 454 g/mol. The van der Waals surface area contributed by atoms with Crippen LogP contribution in [0.2, 0.25) is 0 Å². The number of carboxylic acid groups (broad SMARTS) is 1. The van der Waals surface area contributed by atoms with Gasteiger partial charge in [0.25, 0.3) is 0 Å². The summed E-state index contributed by atoms with van der Waals surface area (Å²) in [7, 11) is 0. The maximum atomic E-state index is 12.5. The molecule has 36 heavy (non-hydrogen) atoms. The van der Waals surface area contributed by atoms with E-state index in [1.807, 2.05) is 73.7 Å². The molecule has 3 N–H and O–H groups in total. The van der Waals surface area contributed by atoms with Crippen molar-refractivity contribution < 1.29 is 19.5 Å². The average Bonchev–Trinajstić information content (AvgIpc) is 2.87.